The summed E-state index contributed by atoms with van der Waals surface area (Å²) in [4.78, 5) is 56.3. The first-order valence-corrected chi connectivity index (χ1v) is 11.9. The molecular weight excluding hydrogens is 508 g/mol. The highest BCUT2D eigenvalue weighted by atomic mass is 32.2. The number of anilines is 1. The predicted molar refractivity (Wildman–Crippen MR) is 135 cm³/mol. The topological polar surface area (TPSA) is 180 Å². The molecule has 0 unspecified atom stereocenters. The minimum Gasteiger partial charge on any atom is -0.445 e. The van der Waals surface area contributed by atoms with Gasteiger partial charge in [-0.1, -0.05) is 11.8 Å². The van der Waals surface area contributed by atoms with Crippen molar-refractivity contribution < 1.29 is 33.7 Å². The lowest BCUT2D eigenvalue weighted by molar-refractivity contribution is -0.384. The Morgan fingerprint density at radius 1 is 0.919 bits per heavy atom. The normalized spacial score (nSPS) is 10.8. The van der Waals surface area contributed by atoms with E-state index in [0.717, 1.165) is 17.8 Å². The monoisotopic (exact) mass is 534 g/mol. The van der Waals surface area contributed by atoms with Crippen molar-refractivity contribution in [1.29, 1.82) is 0 Å². The first kappa shape index (κ1) is 29.0. The number of nitro groups is 2. The summed E-state index contributed by atoms with van der Waals surface area (Å²) in [5.41, 5.74) is -0.462. The Balaban J connectivity index is 1.96. The number of carbonyl (C=O) groups excluding carboxylic acids is 3. The quantitative estimate of drug-likeness (QED) is 0.296. The number of alkyl carbamates (subject to hydrolysis) is 1. The predicted octanol–water partition coefficient (Wildman–Crippen LogP) is 4.93. The minimum absolute atomic E-state index is 0.0174. The van der Waals surface area contributed by atoms with E-state index < -0.39 is 33.3 Å². The van der Waals surface area contributed by atoms with E-state index in [2.05, 4.69) is 10.6 Å². The third-order valence-electron chi connectivity index (χ3n) is 4.85. The number of hydrogen-bond donors (Lipinski definition) is 2. The van der Waals surface area contributed by atoms with Gasteiger partial charge >= 0.3 is 12.2 Å². The Kier molecular flexibility index (Phi) is 10.4. The molecule has 0 heterocycles. The zero-order valence-electron chi connectivity index (χ0n) is 20.3. The summed E-state index contributed by atoms with van der Waals surface area (Å²) in [5.74, 6) is 0.528. The number of ether oxygens (including phenoxy) is 2. The van der Waals surface area contributed by atoms with Gasteiger partial charge in [0.25, 0.3) is 11.4 Å². The molecule has 198 valence electrons. The smallest absolute Gasteiger partial charge is 0.412 e. The number of hydrogen-bond acceptors (Lipinski definition) is 10. The number of thioether (sulfide) groups is 1. The van der Waals surface area contributed by atoms with Crippen molar-refractivity contribution in [3.8, 4) is 0 Å². The van der Waals surface area contributed by atoms with Crippen LogP contribution in [0.1, 0.15) is 38.3 Å². The summed E-state index contributed by atoms with van der Waals surface area (Å²) in [7, 11) is 0. The molecule has 0 saturated carbocycles. The van der Waals surface area contributed by atoms with E-state index in [1.165, 1.54) is 43.3 Å². The second-order valence-corrected chi connectivity index (χ2v) is 9.68. The van der Waals surface area contributed by atoms with Gasteiger partial charge in [-0.2, -0.15) is 0 Å². The number of nitrogens with one attached hydrogen (secondary N) is 2. The fourth-order valence-electron chi connectivity index (χ4n) is 2.91. The van der Waals surface area contributed by atoms with Crippen LogP contribution in [0.4, 0.5) is 26.7 Å². The van der Waals surface area contributed by atoms with Gasteiger partial charge in [0.15, 0.2) is 5.12 Å². The number of rotatable bonds is 11. The fourth-order valence-corrected chi connectivity index (χ4v) is 3.81. The second-order valence-electron chi connectivity index (χ2n) is 8.41. The van der Waals surface area contributed by atoms with Crippen molar-refractivity contribution in [2.24, 2.45) is 0 Å². The highest BCUT2D eigenvalue weighted by Crippen LogP contribution is 2.26. The summed E-state index contributed by atoms with van der Waals surface area (Å²) in [6, 6.07) is 9.17. The lowest BCUT2D eigenvalue weighted by Gasteiger charge is -2.25. The van der Waals surface area contributed by atoms with Gasteiger partial charge in [-0.3, -0.25) is 30.3 Å². The van der Waals surface area contributed by atoms with Crippen LogP contribution in [0, 0.1) is 20.2 Å². The maximum atomic E-state index is 12.2. The molecule has 0 aliphatic heterocycles. The van der Waals surface area contributed by atoms with Gasteiger partial charge in [0.2, 0.25) is 0 Å². The van der Waals surface area contributed by atoms with Gasteiger partial charge < -0.3 is 14.8 Å². The largest absolute Gasteiger partial charge is 0.445 e. The van der Waals surface area contributed by atoms with Crippen LogP contribution >= 0.6 is 11.8 Å². The minimum atomic E-state index is -0.984. The summed E-state index contributed by atoms with van der Waals surface area (Å²) in [6.45, 7) is 4.58. The molecule has 0 spiro atoms. The van der Waals surface area contributed by atoms with Crippen molar-refractivity contribution in [2.45, 2.75) is 45.9 Å². The molecule has 2 rings (SSSR count). The molecule has 2 aromatic carbocycles. The van der Waals surface area contributed by atoms with Gasteiger partial charge in [-0.05, 0) is 55.7 Å². The van der Waals surface area contributed by atoms with Crippen molar-refractivity contribution in [3.05, 3.63) is 73.8 Å². The highest BCUT2D eigenvalue weighted by Gasteiger charge is 2.22. The van der Waals surface area contributed by atoms with Crippen LogP contribution in [0.25, 0.3) is 0 Å². The first-order valence-electron chi connectivity index (χ1n) is 10.9. The first-order chi connectivity index (χ1) is 17.4. The molecule has 2 N–H and O–H groups in total. The lowest BCUT2D eigenvalue weighted by atomic mass is 10.0. The standard InChI is InChI=1S/C23H26N4O9S/c1-15(28)37-11-10-23(2,3)25-22(30)36-14-17-6-9-20(27(33)34)19(12-17)24-21(29)35-13-16-4-7-18(8-5-16)26(31)32/h4-9,12H,10-11,13-14H2,1-3H3,(H,24,29)(H,25,30). The molecule has 0 aromatic heterocycles. The average molecular weight is 535 g/mol. The van der Waals surface area contributed by atoms with Crippen LogP contribution in [0.2, 0.25) is 0 Å². The number of nitrogens with zero attached hydrogens (tertiary/aromatic N) is 2. The summed E-state index contributed by atoms with van der Waals surface area (Å²) in [5, 5.41) is 27.1. The van der Waals surface area contributed by atoms with Crippen LogP contribution in [0.15, 0.2) is 42.5 Å². The Labute approximate surface area is 216 Å². The molecule has 0 atom stereocenters. The highest BCUT2D eigenvalue weighted by molar-refractivity contribution is 8.13. The molecule has 0 radical (unpaired) electrons. The van der Waals surface area contributed by atoms with Crippen LogP contribution in [-0.2, 0) is 27.5 Å². The van der Waals surface area contributed by atoms with Gasteiger partial charge in [-0.25, -0.2) is 9.59 Å². The SMILES string of the molecule is CC(=O)SCCC(C)(C)NC(=O)OCc1ccc([N+](=O)[O-])c(NC(=O)OCc2ccc([N+](=O)[O-])cc2)c1. The Bertz CT molecular complexity index is 1170. The van der Waals surface area contributed by atoms with Crippen LogP contribution in [0.5, 0.6) is 0 Å². The average Bonchev–Trinajstić information content (AvgIpc) is 2.81. The van der Waals surface area contributed by atoms with Crippen LogP contribution in [0.3, 0.4) is 0 Å². The van der Waals surface area contributed by atoms with Crippen molar-refractivity contribution in [2.75, 3.05) is 11.1 Å². The number of nitro benzene ring substituents is 2. The summed E-state index contributed by atoms with van der Waals surface area (Å²) in [6.07, 6.45) is -1.17. The van der Waals surface area contributed by atoms with Gasteiger partial charge in [-0.15, -0.1) is 0 Å². The number of non-ortho nitro benzene ring substituents is 1. The van der Waals surface area contributed by atoms with E-state index >= 15 is 0 Å². The number of amides is 2. The van der Waals surface area contributed by atoms with E-state index in [9.17, 15) is 34.6 Å². The molecule has 37 heavy (non-hydrogen) atoms. The second kappa shape index (κ2) is 13.2. The van der Waals surface area contributed by atoms with Crippen LogP contribution < -0.4 is 10.6 Å². The number of carbonyl (C=O) groups is 3. The molecule has 0 aliphatic carbocycles. The van der Waals surface area contributed by atoms with E-state index in [1.807, 2.05) is 0 Å². The zero-order chi connectivity index (χ0) is 27.6. The van der Waals surface area contributed by atoms with Crippen molar-refractivity contribution in [1.82, 2.24) is 5.32 Å². The maximum Gasteiger partial charge on any atom is 0.412 e. The van der Waals surface area contributed by atoms with E-state index in [4.69, 9.17) is 9.47 Å². The molecule has 14 heteroatoms. The third kappa shape index (κ3) is 10.1. The zero-order valence-corrected chi connectivity index (χ0v) is 21.2. The molecule has 0 fully saturated rings. The summed E-state index contributed by atoms with van der Waals surface area (Å²) >= 11 is 1.15. The molecule has 0 bridgehead atoms. The van der Waals surface area contributed by atoms with E-state index in [1.54, 1.807) is 13.8 Å². The Morgan fingerprint density at radius 2 is 1.51 bits per heavy atom. The molecule has 13 nitrogen and oxygen atoms in total. The third-order valence-corrected chi connectivity index (χ3v) is 5.67. The van der Waals surface area contributed by atoms with Gasteiger partial charge in [0.05, 0.1) is 9.85 Å². The van der Waals surface area contributed by atoms with Gasteiger partial charge in [0, 0.05) is 36.4 Å². The fraction of sp³-hybridized carbons (Fsp3) is 0.348. The molecule has 2 aromatic rings. The molecule has 0 saturated heterocycles. The van der Waals surface area contributed by atoms with E-state index in [0.29, 0.717) is 23.3 Å². The summed E-state index contributed by atoms with van der Waals surface area (Å²) < 4.78 is 10.2. The molecule has 2 amide bonds. The Hall–Kier alpha value is -4.20. The maximum absolute atomic E-state index is 12.2. The van der Waals surface area contributed by atoms with E-state index in [-0.39, 0.29) is 29.7 Å². The lowest BCUT2D eigenvalue weighted by Crippen LogP contribution is -2.44. The van der Waals surface area contributed by atoms with Gasteiger partial charge in [0.1, 0.15) is 18.9 Å². The molecule has 0 aliphatic rings. The number of benzene rings is 2. The molecular formula is C23H26N4O9S. The van der Waals surface area contributed by atoms with Crippen molar-refractivity contribution in [3.63, 3.8) is 0 Å². The Morgan fingerprint density at radius 3 is 2.11 bits per heavy atom. The van der Waals surface area contributed by atoms with Crippen molar-refractivity contribution >= 4 is 46.1 Å². The van der Waals surface area contributed by atoms with Crippen LogP contribution in [-0.4, -0.2) is 38.4 Å².